The number of aliphatic carboxylic acids is 1. The molecule has 0 bridgehead atoms. The Hall–Kier alpha value is -6.95. The lowest BCUT2D eigenvalue weighted by Gasteiger charge is -2.26. The molecule has 0 saturated heterocycles. The number of aliphatic hydroxyl groups is 3. The fraction of sp³-hybridized carbons (Fsp3) is 0.483. The molecule has 698 valence electrons. The Kier molecular flexibility index (Phi) is 53.8. The van der Waals surface area contributed by atoms with Gasteiger partial charge in [0, 0.05) is 39.7 Å². The van der Waals surface area contributed by atoms with Gasteiger partial charge in [0.05, 0.1) is 66.0 Å². The van der Waals surface area contributed by atoms with E-state index in [2.05, 4.69) is 132 Å². The number of Topliss-reactive ketones (excluding diaryl/α,β-unsaturated/α-hetero) is 2. The van der Waals surface area contributed by atoms with Crippen LogP contribution >= 0.6 is 142 Å². The normalized spacial score (nSPS) is 13.4. The van der Waals surface area contributed by atoms with Crippen LogP contribution < -0.4 is 31.9 Å². The Morgan fingerprint density at radius 1 is 0.325 bits per heavy atom. The summed E-state index contributed by atoms with van der Waals surface area (Å²) in [5.41, 5.74) is 10.4. The monoisotopic (exact) mass is 2220 g/mol. The Balaban J connectivity index is 0.000000756. The number of alkyl carbamates (subject to hydrolysis) is 6. The average Bonchev–Trinajstić information content (AvgIpc) is 0.890. The van der Waals surface area contributed by atoms with Crippen molar-refractivity contribution < 1.29 is 96.8 Å². The van der Waals surface area contributed by atoms with Gasteiger partial charge in [0.1, 0.15) is 45.7 Å². The first-order chi connectivity index (χ1) is 58.2. The smallest absolute Gasteiger partial charge is 0.408 e. The minimum atomic E-state index is -1.10. The van der Waals surface area contributed by atoms with E-state index in [1.807, 2.05) is 133 Å². The first-order valence-electron chi connectivity index (χ1n) is 39.4. The highest BCUT2D eigenvalue weighted by atomic mass is 79.9. The van der Waals surface area contributed by atoms with Gasteiger partial charge < -0.3 is 86.3 Å². The molecule has 0 heterocycles. The fourth-order valence-electron chi connectivity index (χ4n) is 10.00. The van der Waals surface area contributed by atoms with Crippen LogP contribution in [-0.2, 0) is 81.3 Å². The largest absolute Gasteiger partial charge is 0.480 e. The third kappa shape index (κ3) is 57.2. The van der Waals surface area contributed by atoms with E-state index in [4.69, 9.17) is 85.5 Å². The molecule has 0 aliphatic rings. The number of amides is 6. The van der Waals surface area contributed by atoms with Crippen LogP contribution in [0.2, 0.25) is 0 Å². The molecule has 6 rings (SSSR count). The minimum Gasteiger partial charge on any atom is -0.480 e. The summed E-state index contributed by atoms with van der Waals surface area (Å²) in [7, 11) is 0. The van der Waals surface area contributed by atoms with Crippen LogP contribution in [0.15, 0.2) is 172 Å². The molecule has 0 radical (unpaired) electrons. The number of hydrogen-bond donors (Lipinski definition) is 10. The molecule has 6 aromatic carbocycles. The van der Waals surface area contributed by atoms with Crippen LogP contribution in [0.5, 0.6) is 0 Å². The molecule has 0 spiro atoms. The molecule has 0 aliphatic carbocycles. The number of nitrogens with one attached hydrogen (secondary N) is 6. The fourth-order valence-corrected chi connectivity index (χ4v) is 12.4. The maximum Gasteiger partial charge on any atom is 0.408 e. The van der Waals surface area contributed by atoms with Gasteiger partial charge in [0.25, 0.3) is 5.78 Å². The second kappa shape index (κ2) is 58.0. The van der Waals surface area contributed by atoms with Crippen molar-refractivity contribution in [1.82, 2.24) is 31.9 Å². The highest BCUT2D eigenvalue weighted by molar-refractivity contribution is 9.11. The summed E-state index contributed by atoms with van der Waals surface area (Å²) >= 11 is 42.8. The molecule has 6 amide bonds. The van der Waals surface area contributed by atoms with Gasteiger partial charge in [-0.3, -0.25) is 9.59 Å². The highest BCUT2D eigenvalue weighted by Crippen LogP contribution is 2.22. The van der Waals surface area contributed by atoms with Crippen LogP contribution in [0, 0.1) is 0 Å². The Bertz CT molecular complexity index is 4170. The van der Waals surface area contributed by atoms with Gasteiger partial charge in [0.15, 0.2) is 5.78 Å². The number of alkyl halides is 4. The van der Waals surface area contributed by atoms with E-state index in [0.29, 0.717) is 25.7 Å². The first-order valence-corrected chi connectivity index (χ1v) is 46.3. The number of ketones is 2. The first kappa shape index (κ1) is 117. The van der Waals surface area contributed by atoms with E-state index in [-0.39, 0.29) is 42.1 Å². The van der Waals surface area contributed by atoms with E-state index in [1.165, 1.54) is 0 Å². The lowest BCUT2D eigenvalue weighted by molar-refractivity contribution is -0.139. The van der Waals surface area contributed by atoms with Crippen molar-refractivity contribution in [3.8, 4) is 0 Å². The van der Waals surface area contributed by atoms with Gasteiger partial charge in [-0.25, -0.2) is 33.6 Å². The molecule has 9 atom stereocenters. The molecule has 126 heavy (non-hydrogen) atoms. The average molecular weight is 2230 g/mol. The van der Waals surface area contributed by atoms with E-state index in [1.54, 1.807) is 137 Å². The summed E-state index contributed by atoms with van der Waals surface area (Å²) in [5.74, 6) is -1.90. The van der Waals surface area contributed by atoms with Crippen molar-refractivity contribution >= 4 is 202 Å². The SMILES string of the molecule is CC(C)(C)OC(=O)N[C@@H](Cc1ccc(Br)cc1)C(=O)C=[N+]=[N-].CC(C)(C)OC(=O)N[C@@H](Cc1ccc(Br)cc1)C(=O)CCl.CC(C)(C)OC(=O)N[C@@H](Cc1ccc(Br)cc1)C(=O)O.CC(C)(C)OC(=O)N[C@@H](Cc1ccc(Br)cc1)[C@@H](O)CCl.CC(C)(C)OC(=O)N[C@@H](Cc1ccc(Br)cc1)[C@H](O)CCl.CC(C)(C)OC(=O)N[C@@H](Cc1ccc(Br)cc1)[C@H](O)CCl. The predicted molar refractivity (Wildman–Crippen MR) is 514 cm³/mol. The lowest BCUT2D eigenvalue weighted by Crippen LogP contribution is -2.47. The van der Waals surface area contributed by atoms with E-state index < -0.39 is 136 Å². The molecule has 0 aliphatic heterocycles. The molecule has 0 aromatic heterocycles. The van der Waals surface area contributed by atoms with Gasteiger partial charge in [-0.2, -0.15) is 4.79 Å². The summed E-state index contributed by atoms with van der Waals surface area (Å²) in [6.45, 7) is 31.7. The van der Waals surface area contributed by atoms with E-state index in [9.17, 15) is 58.5 Å². The van der Waals surface area contributed by atoms with E-state index in [0.717, 1.165) is 66.4 Å². The maximum atomic E-state index is 11.9. The zero-order valence-electron chi connectivity index (χ0n) is 73.8. The molecule has 0 unspecified atom stereocenters. The summed E-state index contributed by atoms with van der Waals surface area (Å²) in [5, 5.41) is 54.5. The van der Waals surface area contributed by atoms with Gasteiger partial charge in [-0.1, -0.05) is 168 Å². The number of carboxylic acid groups (broad SMARTS) is 1. The molecule has 37 heteroatoms. The third-order valence-corrected chi connectivity index (χ3v) is 19.9. The summed E-state index contributed by atoms with van der Waals surface area (Å²) in [6.07, 6.45) is -3.26. The zero-order chi connectivity index (χ0) is 96.3. The minimum absolute atomic E-state index is 0.0387. The maximum absolute atomic E-state index is 11.9. The van der Waals surface area contributed by atoms with Crippen molar-refractivity contribution in [2.45, 2.75) is 251 Å². The molecule has 27 nitrogen and oxygen atoms in total. The van der Waals surface area contributed by atoms with Gasteiger partial charge in [-0.05, 0) is 256 Å². The third-order valence-electron chi connectivity index (χ3n) is 15.6. The molecule has 10 N–H and O–H groups in total. The number of halogens is 10. The number of carbonyl (C=O) groups excluding carboxylic acids is 8. The topological polar surface area (TPSA) is 399 Å². The van der Waals surface area contributed by atoms with Crippen LogP contribution in [0.1, 0.15) is 158 Å². The number of benzene rings is 6. The standard InChI is InChI=1S/3C15H21BrClNO3.C15H19BrClNO3.C15H18BrN3O3.C14H18BrNO4/c4*1-15(2,3)21-14(20)18-12(13(19)9-17)8-10-4-6-11(16)7-5-10;1-15(2,3)22-14(21)19-12(13(20)9-18-17)8-10-4-6-11(16)7-5-10;1-14(2,3)20-13(19)16-11(12(17)18)8-9-4-6-10(15)7-5-9/h3*4-7,12-13,19H,8-9H2,1-3H3,(H,18,20);4-7,12H,8-9H2,1-3H3,(H,18,20);4-7,9,12H,8H2,1-3H3,(H,19,21);4-7,11H,8H2,1-3H3,(H,16,19)(H,17,18)/t2*12-,13+;12-,13-;2*12-;11-/m000000/s1. The molecule has 0 saturated carbocycles. The summed E-state index contributed by atoms with van der Waals surface area (Å²) in [6, 6.07) is 41.0. The molecule has 6 aromatic rings. The van der Waals surface area contributed by atoms with Gasteiger partial charge in [0.2, 0.25) is 0 Å². The number of rotatable bonds is 29. The van der Waals surface area contributed by atoms with Crippen LogP contribution in [-0.4, -0.2) is 197 Å². The van der Waals surface area contributed by atoms with Crippen molar-refractivity contribution in [1.29, 1.82) is 0 Å². The molecular weight excluding hydrogens is 2110 g/mol. The number of nitrogens with zero attached hydrogens (tertiary/aromatic N) is 2. The van der Waals surface area contributed by atoms with Gasteiger partial charge >= 0.3 is 48.7 Å². The summed E-state index contributed by atoms with van der Waals surface area (Å²) in [4.78, 5) is 108. The van der Waals surface area contributed by atoms with Crippen molar-refractivity contribution in [3.63, 3.8) is 0 Å². The number of carbonyl (C=O) groups is 9. The van der Waals surface area contributed by atoms with Crippen molar-refractivity contribution in [2.75, 3.05) is 23.5 Å². The number of hydrogen-bond acceptors (Lipinski definition) is 18. The zero-order valence-corrected chi connectivity index (χ0v) is 86.3. The Morgan fingerprint density at radius 3 is 0.698 bits per heavy atom. The second-order valence-electron chi connectivity index (χ2n) is 34.1. The second-order valence-corrected chi connectivity index (χ2v) is 40.8. The predicted octanol–water partition coefficient (Wildman–Crippen LogP) is 19.9. The van der Waals surface area contributed by atoms with E-state index >= 15 is 0 Å². The molecule has 0 fully saturated rings. The Morgan fingerprint density at radius 2 is 0.508 bits per heavy atom. The number of ether oxygens (including phenoxy) is 6. The van der Waals surface area contributed by atoms with Crippen molar-refractivity contribution in [3.05, 3.63) is 211 Å². The lowest BCUT2D eigenvalue weighted by atomic mass is 10.0. The Labute approximate surface area is 810 Å². The van der Waals surface area contributed by atoms with Crippen LogP contribution in [0.25, 0.3) is 5.53 Å². The van der Waals surface area contributed by atoms with Crippen LogP contribution in [0.4, 0.5) is 28.8 Å². The molecular formula is C89H118Br6Cl4N8O19. The van der Waals surface area contributed by atoms with Gasteiger partial charge in [-0.15, -0.1) is 46.4 Å². The summed E-state index contributed by atoms with van der Waals surface area (Å²) < 4.78 is 36.7. The highest BCUT2D eigenvalue weighted by Gasteiger charge is 2.32. The van der Waals surface area contributed by atoms with Crippen LogP contribution in [0.3, 0.4) is 0 Å². The number of aliphatic hydroxyl groups excluding tert-OH is 3. The number of carboxylic acids is 1. The quantitative estimate of drug-likeness (QED) is 0.00685. The van der Waals surface area contributed by atoms with Crippen molar-refractivity contribution in [2.24, 2.45) is 0 Å².